The summed E-state index contributed by atoms with van der Waals surface area (Å²) in [5.41, 5.74) is 0.700. The fraction of sp³-hybridized carbons (Fsp3) is 0.286. The molecule has 2 rings (SSSR count). The molecule has 1 N–H and O–H groups in total. The summed E-state index contributed by atoms with van der Waals surface area (Å²) in [7, 11) is 1.69. The Morgan fingerprint density at radius 3 is 2.60 bits per heavy atom. The van der Waals surface area contributed by atoms with Gasteiger partial charge in [-0.3, -0.25) is 0 Å². The molecule has 0 radical (unpaired) electrons. The van der Waals surface area contributed by atoms with Gasteiger partial charge in [0.05, 0.1) is 5.56 Å². The standard InChI is InChI=1S/C14H14F3NOS/c1-18-7-10-2-3-13(12(6-10)14(15,16)17)19-8-11-4-5-20-9-11/h2-6,9,18H,7-8H2,1H3. The van der Waals surface area contributed by atoms with Crippen LogP contribution in [0.2, 0.25) is 0 Å². The lowest BCUT2D eigenvalue weighted by Crippen LogP contribution is -2.11. The highest BCUT2D eigenvalue weighted by Crippen LogP contribution is 2.37. The van der Waals surface area contributed by atoms with Gasteiger partial charge in [0.25, 0.3) is 0 Å². The van der Waals surface area contributed by atoms with Crippen LogP contribution < -0.4 is 10.1 Å². The molecule has 0 spiro atoms. The molecule has 0 atom stereocenters. The lowest BCUT2D eigenvalue weighted by Gasteiger charge is -2.15. The van der Waals surface area contributed by atoms with E-state index in [1.165, 1.54) is 17.4 Å². The largest absolute Gasteiger partial charge is 0.488 e. The first-order chi connectivity index (χ1) is 9.50. The summed E-state index contributed by atoms with van der Waals surface area (Å²) in [5.74, 6) is -0.136. The van der Waals surface area contributed by atoms with Crippen LogP contribution in [0.15, 0.2) is 35.0 Å². The van der Waals surface area contributed by atoms with Gasteiger partial charge in [0.15, 0.2) is 0 Å². The molecule has 0 aliphatic rings. The predicted molar refractivity (Wildman–Crippen MR) is 72.9 cm³/mol. The Balaban J connectivity index is 2.22. The van der Waals surface area contributed by atoms with E-state index >= 15 is 0 Å². The van der Waals surface area contributed by atoms with Gasteiger partial charge in [0.2, 0.25) is 0 Å². The maximum absolute atomic E-state index is 13.0. The highest BCUT2D eigenvalue weighted by molar-refractivity contribution is 7.07. The van der Waals surface area contributed by atoms with Crippen molar-refractivity contribution in [3.05, 3.63) is 51.7 Å². The molecule has 2 nitrogen and oxygen atoms in total. The minimum atomic E-state index is -4.42. The van der Waals surface area contributed by atoms with Crippen molar-refractivity contribution in [2.24, 2.45) is 0 Å². The van der Waals surface area contributed by atoms with Crippen LogP contribution in [0.4, 0.5) is 13.2 Å². The Labute approximate surface area is 119 Å². The third-order valence-corrected chi connectivity index (χ3v) is 3.44. The molecule has 0 saturated heterocycles. The van der Waals surface area contributed by atoms with Crippen LogP contribution in [-0.2, 0) is 19.3 Å². The van der Waals surface area contributed by atoms with Crippen LogP contribution in [-0.4, -0.2) is 7.05 Å². The molecule has 1 heterocycles. The second-order valence-corrected chi connectivity index (χ2v) is 5.06. The van der Waals surface area contributed by atoms with E-state index in [0.29, 0.717) is 12.1 Å². The number of hydrogen-bond donors (Lipinski definition) is 1. The van der Waals surface area contributed by atoms with Crippen LogP contribution in [0.3, 0.4) is 0 Å². The molecule has 0 saturated carbocycles. The molecule has 2 aromatic rings. The molecule has 108 valence electrons. The SMILES string of the molecule is CNCc1ccc(OCc2ccsc2)c(C(F)(F)F)c1. The van der Waals surface area contributed by atoms with Crippen LogP contribution in [0.1, 0.15) is 16.7 Å². The maximum atomic E-state index is 13.0. The number of hydrogen-bond acceptors (Lipinski definition) is 3. The summed E-state index contributed by atoms with van der Waals surface area (Å²) < 4.78 is 44.4. The molecule has 20 heavy (non-hydrogen) atoms. The lowest BCUT2D eigenvalue weighted by molar-refractivity contribution is -0.139. The molecule has 6 heteroatoms. The fourth-order valence-corrected chi connectivity index (χ4v) is 2.43. The Morgan fingerprint density at radius 2 is 2.00 bits per heavy atom. The van der Waals surface area contributed by atoms with Gasteiger partial charge in [-0.15, -0.1) is 0 Å². The topological polar surface area (TPSA) is 21.3 Å². The zero-order valence-corrected chi connectivity index (χ0v) is 11.6. The van der Waals surface area contributed by atoms with Crippen molar-refractivity contribution < 1.29 is 17.9 Å². The van der Waals surface area contributed by atoms with Gasteiger partial charge in [0.1, 0.15) is 12.4 Å². The molecule has 1 aromatic carbocycles. The van der Waals surface area contributed by atoms with Crippen LogP contribution in [0.25, 0.3) is 0 Å². The molecule has 1 aromatic heterocycles. The van der Waals surface area contributed by atoms with Crippen molar-refractivity contribution in [1.29, 1.82) is 0 Å². The predicted octanol–water partition coefficient (Wildman–Crippen LogP) is 4.07. The Hall–Kier alpha value is -1.53. The van der Waals surface area contributed by atoms with Crippen molar-refractivity contribution in [3.63, 3.8) is 0 Å². The number of alkyl halides is 3. The van der Waals surface area contributed by atoms with E-state index in [1.807, 2.05) is 16.8 Å². The van der Waals surface area contributed by atoms with Gasteiger partial charge in [-0.25, -0.2) is 0 Å². The molecular formula is C14H14F3NOS. The van der Waals surface area contributed by atoms with Gasteiger partial charge in [-0.05, 0) is 47.1 Å². The van der Waals surface area contributed by atoms with E-state index < -0.39 is 11.7 Å². The number of ether oxygens (including phenoxy) is 1. The Kier molecular flexibility index (Phi) is 4.67. The maximum Gasteiger partial charge on any atom is 0.419 e. The number of nitrogens with one attached hydrogen (secondary N) is 1. The highest BCUT2D eigenvalue weighted by atomic mass is 32.1. The van der Waals surface area contributed by atoms with Gasteiger partial charge < -0.3 is 10.1 Å². The van der Waals surface area contributed by atoms with Crippen molar-refractivity contribution >= 4 is 11.3 Å². The van der Waals surface area contributed by atoms with Gasteiger partial charge in [0, 0.05) is 6.54 Å². The van der Waals surface area contributed by atoms with E-state index in [4.69, 9.17) is 4.74 Å². The summed E-state index contributed by atoms with van der Waals surface area (Å²) in [4.78, 5) is 0. The van der Waals surface area contributed by atoms with Crippen molar-refractivity contribution in [1.82, 2.24) is 5.32 Å². The number of benzene rings is 1. The Morgan fingerprint density at radius 1 is 1.20 bits per heavy atom. The van der Waals surface area contributed by atoms with Crippen molar-refractivity contribution in [2.45, 2.75) is 19.3 Å². The molecule has 0 aliphatic carbocycles. The average Bonchev–Trinajstić information content (AvgIpc) is 2.89. The second kappa shape index (κ2) is 6.28. The van der Waals surface area contributed by atoms with Crippen LogP contribution in [0.5, 0.6) is 5.75 Å². The quantitative estimate of drug-likeness (QED) is 0.899. The van der Waals surface area contributed by atoms with Crippen LogP contribution in [0, 0.1) is 0 Å². The molecule has 0 fully saturated rings. The zero-order chi connectivity index (χ0) is 14.6. The van der Waals surface area contributed by atoms with Crippen LogP contribution >= 0.6 is 11.3 Å². The first-order valence-corrected chi connectivity index (χ1v) is 6.93. The summed E-state index contributed by atoms with van der Waals surface area (Å²) >= 11 is 1.48. The smallest absolute Gasteiger partial charge is 0.419 e. The minimum Gasteiger partial charge on any atom is -0.488 e. The third-order valence-electron chi connectivity index (χ3n) is 2.70. The zero-order valence-electron chi connectivity index (χ0n) is 10.8. The number of halogens is 3. The first-order valence-electron chi connectivity index (χ1n) is 5.99. The third kappa shape index (κ3) is 3.74. The van der Waals surface area contributed by atoms with Crippen molar-refractivity contribution in [3.8, 4) is 5.75 Å². The number of thiophene rings is 1. The van der Waals surface area contributed by atoms with E-state index in [9.17, 15) is 13.2 Å². The molecule has 0 unspecified atom stereocenters. The van der Waals surface area contributed by atoms with Gasteiger partial charge in [-0.1, -0.05) is 6.07 Å². The van der Waals surface area contributed by atoms with Gasteiger partial charge >= 0.3 is 6.18 Å². The Bertz CT molecular complexity index is 552. The molecular weight excluding hydrogens is 287 g/mol. The highest BCUT2D eigenvalue weighted by Gasteiger charge is 2.34. The molecule has 0 amide bonds. The molecule has 0 aliphatic heterocycles. The van der Waals surface area contributed by atoms with E-state index in [-0.39, 0.29) is 12.4 Å². The normalized spacial score (nSPS) is 11.6. The van der Waals surface area contributed by atoms with Crippen molar-refractivity contribution in [2.75, 3.05) is 7.05 Å². The lowest BCUT2D eigenvalue weighted by atomic mass is 10.1. The van der Waals surface area contributed by atoms with E-state index in [2.05, 4.69) is 5.32 Å². The van der Waals surface area contributed by atoms with E-state index in [0.717, 1.165) is 11.6 Å². The first kappa shape index (κ1) is 14.9. The summed E-state index contributed by atoms with van der Waals surface area (Å²) in [6.45, 7) is 0.520. The second-order valence-electron chi connectivity index (χ2n) is 4.28. The summed E-state index contributed by atoms with van der Waals surface area (Å²) in [6.07, 6.45) is -4.42. The van der Waals surface area contributed by atoms with Gasteiger partial charge in [-0.2, -0.15) is 24.5 Å². The molecule has 0 bridgehead atoms. The summed E-state index contributed by atoms with van der Waals surface area (Å²) in [6, 6.07) is 5.96. The number of rotatable bonds is 5. The monoisotopic (exact) mass is 301 g/mol. The summed E-state index contributed by atoms with van der Waals surface area (Å²) in [5, 5.41) is 6.54. The average molecular weight is 301 g/mol. The minimum absolute atomic E-state index is 0.136. The van der Waals surface area contributed by atoms with E-state index in [1.54, 1.807) is 13.1 Å². The fourth-order valence-electron chi connectivity index (χ4n) is 1.77.